The van der Waals surface area contributed by atoms with Gasteiger partial charge in [0.1, 0.15) is 18.3 Å². The van der Waals surface area contributed by atoms with Crippen molar-refractivity contribution in [3.05, 3.63) is 42.2 Å². The molecule has 9 heteroatoms. The SMILES string of the molecule is CN=C(NCC(C)Oc1ccccc1F)N(C)Cc1ncnn1C.I. The molecule has 25 heavy (non-hydrogen) atoms. The van der Waals surface area contributed by atoms with Crippen LogP contribution >= 0.6 is 24.0 Å². The Bertz CT molecular complexity index is 693. The van der Waals surface area contributed by atoms with Gasteiger partial charge in [-0.2, -0.15) is 5.10 Å². The molecule has 0 amide bonds. The Balaban J connectivity index is 0.00000312. The van der Waals surface area contributed by atoms with Gasteiger partial charge in [-0.05, 0) is 19.1 Å². The second-order valence-corrected chi connectivity index (χ2v) is 5.44. The van der Waals surface area contributed by atoms with Gasteiger partial charge >= 0.3 is 0 Å². The molecule has 1 atom stereocenters. The van der Waals surface area contributed by atoms with Crippen LogP contribution in [0.3, 0.4) is 0 Å². The van der Waals surface area contributed by atoms with Crippen LogP contribution < -0.4 is 10.1 Å². The molecule has 0 aliphatic carbocycles. The summed E-state index contributed by atoms with van der Waals surface area (Å²) in [6.45, 7) is 2.93. The minimum atomic E-state index is -0.367. The normalized spacial score (nSPS) is 12.3. The lowest BCUT2D eigenvalue weighted by atomic mass is 10.3. The number of nitrogens with zero attached hydrogens (tertiary/aromatic N) is 5. The molecule has 1 N–H and O–H groups in total. The summed E-state index contributed by atoms with van der Waals surface area (Å²) in [7, 11) is 5.46. The van der Waals surface area contributed by atoms with E-state index >= 15 is 0 Å². The molecule has 2 aromatic rings. The number of nitrogens with one attached hydrogen (secondary N) is 1. The van der Waals surface area contributed by atoms with Gasteiger partial charge in [-0.15, -0.1) is 24.0 Å². The van der Waals surface area contributed by atoms with Crippen molar-refractivity contribution in [1.29, 1.82) is 0 Å². The summed E-state index contributed by atoms with van der Waals surface area (Å²) in [6, 6.07) is 6.37. The van der Waals surface area contributed by atoms with Crippen molar-refractivity contribution in [2.75, 3.05) is 20.6 Å². The lowest BCUT2D eigenvalue weighted by Gasteiger charge is -2.23. The first-order chi connectivity index (χ1) is 11.5. The van der Waals surface area contributed by atoms with Crippen LogP contribution in [0.2, 0.25) is 0 Å². The largest absolute Gasteiger partial charge is 0.486 e. The van der Waals surface area contributed by atoms with Crippen LogP contribution in [0.5, 0.6) is 5.75 Å². The van der Waals surface area contributed by atoms with E-state index < -0.39 is 0 Å². The molecule has 0 saturated carbocycles. The average Bonchev–Trinajstić information content (AvgIpc) is 2.95. The van der Waals surface area contributed by atoms with E-state index in [0.717, 1.165) is 5.82 Å². The van der Waals surface area contributed by atoms with Crippen LogP contribution in [0, 0.1) is 5.82 Å². The zero-order valence-corrected chi connectivity index (χ0v) is 17.1. The third-order valence-electron chi connectivity index (χ3n) is 3.47. The van der Waals surface area contributed by atoms with Gasteiger partial charge in [-0.25, -0.2) is 9.37 Å². The van der Waals surface area contributed by atoms with Crippen LogP contribution in [0.1, 0.15) is 12.7 Å². The molecule has 1 heterocycles. The number of aryl methyl sites for hydroxylation is 1. The number of hydrogen-bond donors (Lipinski definition) is 1. The number of hydrogen-bond acceptors (Lipinski definition) is 4. The molecule has 0 radical (unpaired) electrons. The molecule has 1 aromatic carbocycles. The average molecular weight is 462 g/mol. The van der Waals surface area contributed by atoms with Crippen LogP contribution in [0.4, 0.5) is 4.39 Å². The predicted molar refractivity (Wildman–Crippen MR) is 106 cm³/mol. The van der Waals surface area contributed by atoms with Gasteiger partial charge < -0.3 is 15.0 Å². The minimum Gasteiger partial charge on any atom is -0.486 e. The summed E-state index contributed by atoms with van der Waals surface area (Å²) in [4.78, 5) is 10.4. The third kappa shape index (κ3) is 6.15. The molecule has 0 fully saturated rings. The van der Waals surface area contributed by atoms with Crippen LogP contribution in [0.25, 0.3) is 0 Å². The number of guanidine groups is 1. The zero-order chi connectivity index (χ0) is 17.5. The lowest BCUT2D eigenvalue weighted by molar-refractivity contribution is 0.212. The Morgan fingerprint density at radius 1 is 1.44 bits per heavy atom. The van der Waals surface area contributed by atoms with Crippen molar-refractivity contribution in [3.8, 4) is 5.75 Å². The fourth-order valence-electron chi connectivity index (χ4n) is 2.17. The number of ether oxygens (including phenoxy) is 1. The van der Waals surface area contributed by atoms with E-state index in [1.54, 1.807) is 29.9 Å². The first-order valence-corrected chi connectivity index (χ1v) is 7.67. The highest BCUT2D eigenvalue weighted by atomic mass is 127. The van der Waals surface area contributed by atoms with Crippen LogP contribution in [0.15, 0.2) is 35.6 Å². The van der Waals surface area contributed by atoms with Gasteiger partial charge in [0, 0.05) is 21.1 Å². The molecule has 1 aromatic heterocycles. The minimum absolute atomic E-state index is 0. The number of benzene rings is 1. The van der Waals surface area contributed by atoms with E-state index in [1.165, 1.54) is 12.4 Å². The third-order valence-corrected chi connectivity index (χ3v) is 3.47. The van der Waals surface area contributed by atoms with Crippen molar-refractivity contribution >= 4 is 29.9 Å². The maximum atomic E-state index is 13.6. The highest BCUT2D eigenvalue weighted by molar-refractivity contribution is 14.0. The maximum absolute atomic E-state index is 13.6. The fraction of sp³-hybridized carbons (Fsp3) is 0.438. The summed E-state index contributed by atoms with van der Waals surface area (Å²) in [5, 5.41) is 7.26. The Labute approximate surface area is 164 Å². The Kier molecular flexibility index (Phi) is 8.59. The highest BCUT2D eigenvalue weighted by Crippen LogP contribution is 2.16. The predicted octanol–water partition coefficient (Wildman–Crippen LogP) is 2.05. The van der Waals surface area contributed by atoms with Crippen LogP contribution in [-0.2, 0) is 13.6 Å². The molecular weight excluding hydrogens is 438 g/mol. The summed E-state index contributed by atoms with van der Waals surface area (Å²) < 4.78 is 20.9. The molecule has 2 rings (SSSR count). The number of aliphatic imine (C=N–C) groups is 1. The Morgan fingerprint density at radius 2 is 2.16 bits per heavy atom. The molecule has 0 aliphatic rings. The maximum Gasteiger partial charge on any atom is 0.193 e. The van der Waals surface area contributed by atoms with Gasteiger partial charge in [-0.3, -0.25) is 9.67 Å². The first-order valence-electron chi connectivity index (χ1n) is 7.67. The van der Waals surface area contributed by atoms with Crippen molar-refractivity contribution in [2.24, 2.45) is 12.0 Å². The van der Waals surface area contributed by atoms with Gasteiger partial charge in [0.25, 0.3) is 0 Å². The van der Waals surface area contributed by atoms with E-state index in [1.807, 2.05) is 25.9 Å². The molecule has 1 unspecified atom stereocenters. The Morgan fingerprint density at radius 3 is 2.76 bits per heavy atom. The molecule has 0 aliphatic heterocycles. The molecular formula is C16H24FIN6O. The van der Waals surface area contributed by atoms with Crippen molar-refractivity contribution in [3.63, 3.8) is 0 Å². The zero-order valence-electron chi connectivity index (χ0n) is 14.8. The van der Waals surface area contributed by atoms with E-state index in [2.05, 4.69) is 20.4 Å². The Hall–Kier alpha value is -1.91. The van der Waals surface area contributed by atoms with Crippen molar-refractivity contribution < 1.29 is 9.13 Å². The number of para-hydroxylation sites is 1. The smallest absolute Gasteiger partial charge is 0.193 e. The topological polar surface area (TPSA) is 67.6 Å². The first kappa shape index (κ1) is 21.1. The number of rotatable bonds is 6. The monoisotopic (exact) mass is 462 g/mol. The summed E-state index contributed by atoms with van der Waals surface area (Å²) in [5.41, 5.74) is 0. The van der Waals surface area contributed by atoms with Crippen LogP contribution in [-0.4, -0.2) is 52.4 Å². The van der Waals surface area contributed by atoms with E-state index in [0.29, 0.717) is 19.0 Å². The fourth-order valence-corrected chi connectivity index (χ4v) is 2.17. The lowest BCUT2D eigenvalue weighted by Crippen LogP contribution is -2.42. The van der Waals surface area contributed by atoms with Gasteiger partial charge in [-0.1, -0.05) is 12.1 Å². The molecule has 7 nitrogen and oxygen atoms in total. The van der Waals surface area contributed by atoms with Gasteiger partial charge in [0.05, 0.1) is 13.1 Å². The second-order valence-electron chi connectivity index (χ2n) is 5.44. The van der Waals surface area contributed by atoms with Crippen molar-refractivity contribution in [1.82, 2.24) is 25.0 Å². The molecule has 0 spiro atoms. The standard InChI is InChI=1S/C16H23FN6O.HI/c1-12(24-14-8-6-5-7-13(14)17)9-19-16(18-2)22(3)10-15-20-11-21-23(15)4;/h5-8,11-12H,9-10H2,1-4H3,(H,18,19);1H. The summed E-state index contributed by atoms with van der Waals surface area (Å²) in [5.74, 6) is 1.40. The van der Waals surface area contributed by atoms with E-state index in [4.69, 9.17) is 4.74 Å². The quantitative estimate of drug-likeness (QED) is 0.405. The highest BCUT2D eigenvalue weighted by Gasteiger charge is 2.12. The molecule has 138 valence electrons. The molecule has 0 bridgehead atoms. The van der Waals surface area contributed by atoms with E-state index in [9.17, 15) is 4.39 Å². The summed E-state index contributed by atoms with van der Waals surface area (Å²) in [6.07, 6.45) is 1.30. The van der Waals surface area contributed by atoms with E-state index in [-0.39, 0.29) is 41.6 Å². The molecule has 0 saturated heterocycles. The van der Waals surface area contributed by atoms with Gasteiger partial charge in [0.15, 0.2) is 17.5 Å². The van der Waals surface area contributed by atoms with Gasteiger partial charge in [0.2, 0.25) is 0 Å². The number of aromatic nitrogens is 3. The summed E-state index contributed by atoms with van der Waals surface area (Å²) >= 11 is 0. The van der Waals surface area contributed by atoms with Crippen molar-refractivity contribution in [2.45, 2.75) is 19.6 Å². The number of halogens is 2. The second kappa shape index (κ2) is 10.2.